The maximum Gasteiger partial charge on any atom is 0.287 e. The summed E-state index contributed by atoms with van der Waals surface area (Å²) in [4.78, 5) is 13.9. The van der Waals surface area contributed by atoms with Gasteiger partial charge in [0.15, 0.2) is 0 Å². The molecule has 2 rings (SSSR count). The number of nitro groups is 1. The van der Waals surface area contributed by atoms with Gasteiger partial charge in [0.2, 0.25) is 0 Å². The van der Waals surface area contributed by atoms with Gasteiger partial charge in [-0.3, -0.25) is 10.1 Å². The minimum absolute atomic E-state index is 0.0379. The van der Waals surface area contributed by atoms with Crippen molar-refractivity contribution in [3.63, 3.8) is 0 Å². The summed E-state index contributed by atoms with van der Waals surface area (Å²) in [6, 6.07) is 9.23. The van der Waals surface area contributed by atoms with E-state index in [1.165, 1.54) is 24.4 Å². The second kappa shape index (κ2) is 5.90. The van der Waals surface area contributed by atoms with Crippen molar-refractivity contribution >= 4 is 11.5 Å². The zero-order chi connectivity index (χ0) is 13.7. The van der Waals surface area contributed by atoms with Crippen LogP contribution in [-0.2, 0) is 6.42 Å². The number of halogens is 1. The maximum absolute atomic E-state index is 12.7. The van der Waals surface area contributed by atoms with Crippen molar-refractivity contribution in [3.05, 3.63) is 64.1 Å². The molecule has 0 aliphatic carbocycles. The third kappa shape index (κ3) is 3.74. The Balaban J connectivity index is 1.85. The van der Waals surface area contributed by atoms with Gasteiger partial charge in [-0.2, -0.15) is 0 Å². The van der Waals surface area contributed by atoms with E-state index in [1.807, 2.05) is 0 Å². The predicted octanol–water partition coefficient (Wildman–Crippen LogP) is 2.78. The lowest BCUT2D eigenvalue weighted by atomic mass is 10.1. The molecule has 0 radical (unpaired) electrons. The van der Waals surface area contributed by atoms with Crippen molar-refractivity contribution < 1.29 is 9.31 Å². The van der Waals surface area contributed by atoms with Gasteiger partial charge in [-0.25, -0.2) is 9.37 Å². The van der Waals surface area contributed by atoms with Crippen molar-refractivity contribution in [1.82, 2.24) is 4.98 Å². The van der Waals surface area contributed by atoms with Crippen LogP contribution in [0.3, 0.4) is 0 Å². The molecule has 0 aliphatic heterocycles. The number of nitrogens with zero attached hydrogens (tertiary/aromatic N) is 2. The summed E-state index contributed by atoms with van der Waals surface area (Å²) >= 11 is 0. The highest BCUT2D eigenvalue weighted by atomic mass is 19.1. The Labute approximate surface area is 109 Å². The molecule has 0 fully saturated rings. The molecular formula is C13H12FN3O2. The molecule has 1 N–H and O–H groups in total. The quantitative estimate of drug-likeness (QED) is 0.663. The predicted molar refractivity (Wildman–Crippen MR) is 69.5 cm³/mol. The Kier molecular flexibility index (Phi) is 4.02. The zero-order valence-electron chi connectivity index (χ0n) is 10.0. The van der Waals surface area contributed by atoms with Crippen LogP contribution in [0.2, 0.25) is 0 Å². The lowest BCUT2D eigenvalue weighted by Crippen LogP contribution is -2.06. The Morgan fingerprint density at radius 2 is 1.95 bits per heavy atom. The van der Waals surface area contributed by atoms with E-state index in [0.717, 1.165) is 12.0 Å². The van der Waals surface area contributed by atoms with Crippen LogP contribution < -0.4 is 5.32 Å². The standard InChI is InChI=1S/C13H12FN3O2/c14-11-3-1-10(2-4-11)7-8-15-13-6-5-12(9-16-13)17(18)19/h1-6,9H,7-8H2,(H,15,16). The van der Waals surface area contributed by atoms with Crippen LogP contribution in [-0.4, -0.2) is 16.5 Å². The summed E-state index contributed by atoms with van der Waals surface area (Å²) in [6.45, 7) is 0.621. The van der Waals surface area contributed by atoms with E-state index in [0.29, 0.717) is 12.4 Å². The molecule has 1 heterocycles. The molecule has 1 aromatic heterocycles. The van der Waals surface area contributed by atoms with Crippen LogP contribution in [0.25, 0.3) is 0 Å². The van der Waals surface area contributed by atoms with Crippen LogP contribution in [0, 0.1) is 15.9 Å². The van der Waals surface area contributed by atoms with E-state index in [-0.39, 0.29) is 11.5 Å². The van der Waals surface area contributed by atoms with Crippen molar-refractivity contribution in [3.8, 4) is 0 Å². The molecule has 0 saturated carbocycles. The Morgan fingerprint density at radius 3 is 2.53 bits per heavy atom. The van der Waals surface area contributed by atoms with Gasteiger partial charge < -0.3 is 5.32 Å². The number of benzene rings is 1. The van der Waals surface area contributed by atoms with Crippen molar-refractivity contribution in [1.29, 1.82) is 0 Å². The summed E-state index contributed by atoms with van der Waals surface area (Å²) in [5.41, 5.74) is 0.972. The minimum Gasteiger partial charge on any atom is -0.370 e. The monoisotopic (exact) mass is 261 g/mol. The second-order valence-electron chi connectivity index (χ2n) is 3.96. The highest BCUT2D eigenvalue weighted by Gasteiger charge is 2.04. The number of aromatic nitrogens is 1. The normalized spacial score (nSPS) is 10.2. The van der Waals surface area contributed by atoms with E-state index in [2.05, 4.69) is 10.3 Å². The van der Waals surface area contributed by atoms with Crippen LogP contribution in [0.5, 0.6) is 0 Å². The van der Waals surface area contributed by atoms with E-state index in [9.17, 15) is 14.5 Å². The Hall–Kier alpha value is -2.50. The first-order chi connectivity index (χ1) is 9.15. The number of nitrogens with one attached hydrogen (secondary N) is 1. The van der Waals surface area contributed by atoms with Gasteiger partial charge in [0.05, 0.1) is 4.92 Å². The molecular weight excluding hydrogens is 249 g/mol. The smallest absolute Gasteiger partial charge is 0.287 e. The average molecular weight is 261 g/mol. The maximum atomic E-state index is 12.7. The number of hydrogen-bond acceptors (Lipinski definition) is 4. The third-order valence-electron chi connectivity index (χ3n) is 2.59. The summed E-state index contributed by atoms with van der Waals surface area (Å²) in [6.07, 6.45) is 1.93. The fourth-order valence-electron chi connectivity index (χ4n) is 1.58. The fraction of sp³-hybridized carbons (Fsp3) is 0.154. The molecule has 19 heavy (non-hydrogen) atoms. The van der Waals surface area contributed by atoms with Crippen LogP contribution in [0.1, 0.15) is 5.56 Å². The van der Waals surface area contributed by atoms with Gasteiger partial charge in [-0.15, -0.1) is 0 Å². The zero-order valence-corrected chi connectivity index (χ0v) is 10.0. The molecule has 1 aromatic carbocycles. The first-order valence-electron chi connectivity index (χ1n) is 5.74. The summed E-state index contributed by atoms with van der Waals surface area (Å²) < 4.78 is 12.7. The minimum atomic E-state index is -0.491. The van der Waals surface area contributed by atoms with Gasteiger partial charge in [0.1, 0.15) is 17.8 Å². The van der Waals surface area contributed by atoms with E-state index in [4.69, 9.17) is 0 Å². The number of hydrogen-bond donors (Lipinski definition) is 1. The first kappa shape index (κ1) is 12.9. The highest BCUT2D eigenvalue weighted by Crippen LogP contribution is 2.12. The second-order valence-corrected chi connectivity index (χ2v) is 3.96. The van der Waals surface area contributed by atoms with Crippen molar-refractivity contribution in [2.45, 2.75) is 6.42 Å². The number of anilines is 1. The lowest BCUT2D eigenvalue weighted by molar-refractivity contribution is -0.385. The van der Waals surface area contributed by atoms with Crippen LogP contribution in [0.4, 0.5) is 15.9 Å². The molecule has 0 spiro atoms. The lowest BCUT2D eigenvalue weighted by Gasteiger charge is -2.05. The number of pyridine rings is 1. The van der Waals surface area contributed by atoms with Gasteiger partial charge >= 0.3 is 0 Å². The van der Waals surface area contributed by atoms with Crippen LogP contribution in [0.15, 0.2) is 42.6 Å². The van der Waals surface area contributed by atoms with Crippen LogP contribution >= 0.6 is 0 Å². The highest BCUT2D eigenvalue weighted by molar-refractivity contribution is 5.40. The molecule has 5 nitrogen and oxygen atoms in total. The van der Waals surface area contributed by atoms with Gasteiger partial charge in [-0.1, -0.05) is 12.1 Å². The largest absolute Gasteiger partial charge is 0.370 e. The molecule has 0 atom stereocenters. The molecule has 0 aliphatic rings. The van der Waals surface area contributed by atoms with E-state index >= 15 is 0 Å². The average Bonchev–Trinajstić information content (AvgIpc) is 2.41. The fourth-order valence-corrected chi connectivity index (χ4v) is 1.58. The first-order valence-corrected chi connectivity index (χ1v) is 5.74. The topological polar surface area (TPSA) is 68.1 Å². The van der Waals surface area contributed by atoms with Crippen molar-refractivity contribution in [2.24, 2.45) is 0 Å². The van der Waals surface area contributed by atoms with Crippen molar-refractivity contribution in [2.75, 3.05) is 11.9 Å². The summed E-state index contributed by atoms with van der Waals surface area (Å²) in [5.74, 6) is 0.321. The molecule has 0 amide bonds. The Bertz CT molecular complexity index is 555. The van der Waals surface area contributed by atoms with Gasteiger partial charge in [0.25, 0.3) is 5.69 Å². The third-order valence-corrected chi connectivity index (χ3v) is 2.59. The Morgan fingerprint density at radius 1 is 1.21 bits per heavy atom. The van der Waals surface area contributed by atoms with E-state index in [1.54, 1.807) is 18.2 Å². The summed E-state index contributed by atoms with van der Waals surface area (Å²) in [7, 11) is 0. The summed E-state index contributed by atoms with van der Waals surface area (Å²) in [5, 5.41) is 13.5. The molecule has 0 saturated heterocycles. The number of rotatable bonds is 5. The van der Waals surface area contributed by atoms with E-state index < -0.39 is 4.92 Å². The molecule has 98 valence electrons. The molecule has 0 unspecified atom stereocenters. The van der Waals surface area contributed by atoms with Gasteiger partial charge in [0, 0.05) is 12.6 Å². The molecule has 6 heteroatoms. The van der Waals surface area contributed by atoms with Gasteiger partial charge in [-0.05, 0) is 30.2 Å². The molecule has 2 aromatic rings. The molecule has 0 bridgehead atoms. The SMILES string of the molecule is O=[N+]([O-])c1ccc(NCCc2ccc(F)cc2)nc1.